The molecule has 27 heavy (non-hydrogen) atoms. The number of carbonyl (C=O) groups excluding carboxylic acids is 1. The van der Waals surface area contributed by atoms with E-state index < -0.39 is 0 Å². The van der Waals surface area contributed by atoms with Gasteiger partial charge >= 0.3 is 0 Å². The SMILES string of the molecule is CCN1C(=O)C(=C2Sc3ccccc3N2C)SC1Cc1cccc[n+]1CC. The van der Waals surface area contributed by atoms with E-state index in [4.69, 9.17) is 0 Å². The number of hydrogen-bond acceptors (Lipinski definition) is 4. The number of pyridine rings is 1. The van der Waals surface area contributed by atoms with Gasteiger partial charge in [0.15, 0.2) is 11.9 Å². The summed E-state index contributed by atoms with van der Waals surface area (Å²) in [5.74, 6) is 0.161. The van der Waals surface area contributed by atoms with E-state index in [1.54, 1.807) is 23.5 Å². The molecule has 0 radical (unpaired) electrons. The van der Waals surface area contributed by atoms with Crippen LogP contribution in [0.5, 0.6) is 0 Å². The lowest BCUT2D eigenvalue weighted by molar-refractivity contribution is -0.700. The van der Waals surface area contributed by atoms with Crippen LogP contribution in [0.1, 0.15) is 19.5 Å². The highest BCUT2D eigenvalue weighted by Crippen LogP contribution is 2.50. The number of fused-ring (bicyclic) bond motifs is 1. The number of anilines is 1. The molecule has 140 valence electrons. The average molecular weight is 399 g/mol. The smallest absolute Gasteiger partial charge is 0.263 e. The van der Waals surface area contributed by atoms with E-state index in [-0.39, 0.29) is 11.3 Å². The highest BCUT2D eigenvalue weighted by atomic mass is 32.2. The van der Waals surface area contributed by atoms with Gasteiger partial charge in [0.1, 0.15) is 11.4 Å². The second kappa shape index (κ2) is 7.60. The minimum Gasteiger partial charge on any atom is -0.337 e. The van der Waals surface area contributed by atoms with Crippen LogP contribution < -0.4 is 9.47 Å². The summed E-state index contributed by atoms with van der Waals surface area (Å²) in [6, 6.07) is 14.6. The van der Waals surface area contributed by atoms with Crippen LogP contribution in [0.2, 0.25) is 0 Å². The standard InChI is InChI=1S/C21H24N3OS2/c1-4-23-13-9-8-10-15(23)14-18-24(5-2)20(25)19(27-18)21-22(3)16-11-6-7-12-17(16)26-21/h6-13,18H,4-5,14H2,1-3H3/q+1. The molecule has 1 aromatic heterocycles. The number of nitrogens with zero attached hydrogens (tertiary/aromatic N) is 3. The van der Waals surface area contributed by atoms with E-state index in [1.807, 2.05) is 11.0 Å². The highest BCUT2D eigenvalue weighted by Gasteiger charge is 2.41. The predicted octanol–water partition coefficient (Wildman–Crippen LogP) is 3.87. The van der Waals surface area contributed by atoms with Crippen LogP contribution in [0.4, 0.5) is 5.69 Å². The predicted molar refractivity (Wildman–Crippen MR) is 113 cm³/mol. The number of thioether (sulfide) groups is 2. The Labute approximate surface area is 169 Å². The molecule has 0 N–H and O–H groups in total. The molecular weight excluding hydrogens is 374 g/mol. The summed E-state index contributed by atoms with van der Waals surface area (Å²) in [6.45, 7) is 5.89. The van der Waals surface area contributed by atoms with Crippen molar-refractivity contribution in [3.8, 4) is 0 Å². The van der Waals surface area contributed by atoms with Crippen LogP contribution >= 0.6 is 23.5 Å². The molecule has 1 saturated heterocycles. The van der Waals surface area contributed by atoms with Gasteiger partial charge in [0.25, 0.3) is 5.91 Å². The van der Waals surface area contributed by atoms with Crippen molar-refractivity contribution < 1.29 is 9.36 Å². The molecule has 3 heterocycles. The van der Waals surface area contributed by atoms with E-state index in [0.29, 0.717) is 0 Å². The van der Waals surface area contributed by atoms with E-state index in [1.165, 1.54) is 16.3 Å². The molecule has 1 atom stereocenters. The molecule has 0 saturated carbocycles. The van der Waals surface area contributed by atoms with Gasteiger partial charge in [-0.25, -0.2) is 4.57 Å². The Morgan fingerprint density at radius 2 is 1.89 bits per heavy atom. The monoisotopic (exact) mass is 398 g/mol. The molecule has 4 rings (SSSR count). The van der Waals surface area contributed by atoms with Gasteiger partial charge in [-0.15, -0.1) is 0 Å². The molecule has 0 spiro atoms. The van der Waals surface area contributed by atoms with E-state index in [9.17, 15) is 4.79 Å². The summed E-state index contributed by atoms with van der Waals surface area (Å²) in [4.78, 5) is 19.4. The normalized spacial score (nSPS) is 21.9. The summed E-state index contributed by atoms with van der Waals surface area (Å²) in [6.07, 6.45) is 2.97. The number of aromatic nitrogens is 1. The third-order valence-corrected chi connectivity index (χ3v) is 7.75. The largest absolute Gasteiger partial charge is 0.337 e. The Morgan fingerprint density at radius 3 is 2.63 bits per heavy atom. The maximum Gasteiger partial charge on any atom is 0.263 e. The van der Waals surface area contributed by atoms with Crippen molar-refractivity contribution in [2.45, 2.75) is 37.1 Å². The van der Waals surface area contributed by atoms with Crippen molar-refractivity contribution in [2.24, 2.45) is 0 Å². The average Bonchev–Trinajstić information content (AvgIpc) is 3.19. The van der Waals surface area contributed by atoms with Crippen molar-refractivity contribution in [3.63, 3.8) is 0 Å². The molecule has 2 aliphatic rings. The van der Waals surface area contributed by atoms with Crippen LogP contribution in [-0.2, 0) is 17.8 Å². The first-order chi connectivity index (χ1) is 13.1. The zero-order valence-corrected chi connectivity index (χ0v) is 17.5. The summed E-state index contributed by atoms with van der Waals surface area (Å²) in [5, 5.41) is 1.20. The second-order valence-corrected chi connectivity index (χ2v) is 8.83. The van der Waals surface area contributed by atoms with Crippen LogP contribution in [-0.4, -0.2) is 29.8 Å². The van der Waals surface area contributed by atoms with Crippen molar-refractivity contribution in [1.82, 2.24) is 4.90 Å². The molecule has 1 amide bonds. The number of aryl methyl sites for hydroxylation is 1. The van der Waals surface area contributed by atoms with Gasteiger partial charge in [-0.2, -0.15) is 0 Å². The lowest BCUT2D eigenvalue weighted by Crippen LogP contribution is -2.41. The van der Waals surface area contributed by atoms with Crippen LogP contribution in [0.15, 0.2) is 63.5 Å². The lowest BCUT2D eigenvalue weighted by Gasteiger charge is -2.20. The molecule has 6 heteroatoms. The maximum atomic E-state index is 13.2. The number of likely N-dealkylation sites (N-methyl/N-ethyl adjacent to an activating group) is 1. The minimum atomic E-state index is 0.142. The first kappa shape index (κ1) is 18.4. The van der Waals surface area contributed by atoms with Gasteiger partial charge in [0, 0.05) is 30.6 Å². The van der Waals surface area contributed by atoms with E-state index in [0.717, 1.165) is 29.4 Å². The van der Waals surface area contributed by atoms with Crippen molar-refractivity contribution in [1.29, 1.82) is 0 Å². The van der Waals surface area contributed by atoms with Crippen molar-refractivity contribution in [2.75, 3.05) is 18.5 Å². The molecule has 1 unspecified atom stereocenters. The van der Waals surface area contributed by atoms with Gasteiger partial charge in [-0.1, -0.05) is 41.7 Å². The molecule has 1 aromatic carbocycles. The van der Waals surface area contributed by atoms with Gasteiger partial charge in [-0.3, -0.25) is 4.79 Å². The minimum absolute atomic E-state index is 0.142. The third-order valence-electron chi connectivity index (χ3n) is 5.09. The molecule has 2 aliphatic heterocycles. The summed E-state index contributed by atoms with van der Waals surface area (Å²) in [5.41, 5.74) is 2.45. The third kappa shape index (κ3) is 3.25. The molecule has 0 bridgehead atoms. The number of para-hydroxylation sites is 1. The van der Waals surface area contributed by atoms with Gasteiger partial charge in [0.05, 0.1) is 22.5 Å². The van der Waals surface area contributed by atoms with E-state index in [2.05, 4.69) is 73.0 Å². The van der Waals surface area contributed by atoms with Gasteiger partial charge in [-0.05, 0) is 26.0 Å². The number of hydrogen-bond donors (Lipinski definition) is 0. The zero-order chi connectivity index (χ0) is 19.0. The molecule has 2 aromatic rings. The Kier molecular flexibility index (Phi) is 5.19. The molecule has 4 nitrogen and oxygen atoms in total. The maximum absolute atomic E-state index is 13.2. The summed E-state index contributed by atoms with van der Waals surface area (Å²) >= 11 is 3.42. The lowest BCUT2D eigenvalue weighted by atomic mass is 10.2. The Bertz CT molecular complexity index is 912. The number of benzene rings is 1. The molecular formula is C21H24N3OS2+. The highest BCUT2D eigenvalue weighted by molar-refractivity contribution is 8.08. The Morgan fingerprint density at radius 1 is 1.11 bits per heavy atom. The molecule has 1 fully saturated rings. The van der Waals surface area contributed by atoms with Crippen molar-refractivity contribution in [3.05, 3.63) is 64.3 Å². The van der Waals surface area contributed by atoms with Gasteiger partial charge < -0.3 is 9.80 Å². The summed E-state index contributed by atoms with van der Waals surface area (Å²) in [7, 11) is 2.06. The first-order valence-electron chi connectivity index (χ1n) is 9.33. The Hall–Kier alpha value is -1.92. The van der Waals surface area contributed by atoms with E-state index >= 15 is 0 Å². The summed E-state index contributed by atoms with van der Waals surface area (Å²) < 4.78 is 2.26. The van der Waals surface area contributed by atoms with Crippen LogP contribution in [0.3, 0.4) is 0 Å². The fraction of sp³-hybridized carbons (Fsp3) is 0.333. The van der Waals surface area contributed by atoms with Crippen LogP contribution in [0.25, 0.3) is 0 Å². The Balaban J connectivity index is 1.65. The van der Waals surface area contributed by atoms with Gasteiger partial charge in [0.2, 0.25) is 0 Å². The topological polar surface area (TPSA) is 27.4 Å². The zero-order valence-electron chi connectivity index (χ0n) is 15.9. The number of rotatable bonds is 4. The second-order valence-electron chi connectivity index (χ2n) is 6.61. The fourth-order valence-corrected chi connectivity index (χ4v) is 6.34. The quantitative estimate of drug-likeness (QED) is 0.577. The first-order valence-corrected chi connectivity index (χ1v) is 11.0. The number of amides is 1. The van der Waals surface area contributed by atoms with Crippen molar-refractivity contribution >= 4 is 35.1 Å². The number of carbonyl (C=O) groups is 1. The van der Waals surface area contributed by atoms with Crippen LogP contribution in [0, 0.1) is 0 Å². The fourth-order valence-electron chi connectivity index (χ4n) is 3.64. The molecule has 0 aliphatic carbocycles.